The van der Waals surface area contributed by atoms with Crippen LogP contribution >= 0.6 is 0 Å². The highest BCUT2D eigenvalue weighted by Gasteiger charge is 2.13. The largest absolute Gasteiger partial charge is 0.493 e. The minimum absolute atomic E-state index is 0.0669. The van der Waals surface area contributed by atoms with E-state index in [9.17, 15) is 4.79 Å². The van der Waals surface area contributed by atoms with Gasteiger partial charge in [-0.1, -0.05) is 24.3 Å². The number of aromatic nitrogens is 2. The lowest BCUT2D eigenvalue weighted by atomic mass is 9.99. The van der Waals surface area contributed by atoms with Crippen LogP contribution in [0.25, 0.3) is 0 Å². The molecule has 0 saturated heterocycles. The highest BCUT2D eigenvalue weighted by atomic mass is 16.5. The number of hydrogen-bond donors (Lipinski definition) is 1. The van der Waals surface area contributed by atoms with Gasteiger partial charge in [-0.15, -0.1) is 0 Å². The molecule has 168 valence electrons. The SMILES string of the molecule is CN1CCCCCOc2ccc(C(=O)NCCn3ccnc3)cc2Cc2cccc(c2)C1. The number of imidazole rings is 1. The van der Waals surface area contributed by atoms with Crippen LogP contribution in [0.2, 0.25) is 0 Å². The van der Waals surface area contributed by atoms with Crippen LogP contribution in [0.1, 0.15) is 46.3 Å². The molecule has 0 unspecified atom stereocenters. The van der Waals surface area contributed by atoms with E-state index in [1.807, 2.05) is 29.0 Å². The third-order valence-corrected chi connectivity index (χ3v) is 5.82. The first-order valence-corrected chi connectivity index (χ1v) is 11.4. The van der Waals surface area contributed by atoms with E-state index in [1.54, 1.807) is 12.5 Å². The lowest BCUT2D eigenvalue weighted by molar-refractivity contribution is 0.0952. The number of nitrogens with zero attached hydrogens (tertiary/aromatic N) is 3. The lowest BCUT2D eigenvalue weighted by Crippen LogP contribution is -2.27. The van der Waals surface area contributed by atoms with Crippen molar-refractivity contribution in [3.05, 3.63) is 83.4 Å². The van der Waals surface area contributed by atoms with Crippen LogP contribution in [-0.2, 0) is 19.5 Å². The zero-order valence-corrected chi connectivity index (χ0v) is 18.8. The summed E-state index contributed by atoms with van der Waals surface area (Å²) in [5.41, 5.74) is 4.26. The van der Waals surface area contributed by atoms with Gasteiger partial charge in [0.25, 0.3) is 5.91 Å². The Morgan fingerprint density at radius 3 is 2.91 bits per heavy atom. The van der Waals surface area contributed by atoms with Crippen molar-refractivity contribution in [2.75, 3.05) is 26.7 Å². The van der Waals surface area contributed by atoms with Gasteiger partial charge in [0, 0.05) is 44.0 Å². The molecule has 1 aliphatic rings. The summed E-state index contributed by atoms with van der Waals surface area (Å²) in [5, 5.41) is 3.00. The van der Waals surface area contributed by atoms with Gasteiger partial charge in [-0.25, -0.2) is 4.98 Å². The number of carbonyl (C=O) groups is 1. The number of fused-ring (bicyclic) bond motifs is 3. The van der Waals surface area contributed by atoms with E-state index in [4.69, 9.17) is 4.74 Å². The summed E-state index contributed by atoms with van der Waals surface area (Å²) in [5.74, 6) is 0.808. The van der Waals surface area contributed by atoms with Crippen molar-refractivity contribution in [2.45, 2.75) is 38.8 Å². The standard InChI is InChI=1S/C26H32N4O2/c1-29-12-3-2-4-15-32-25-9-8-23(26(31)28-11-14-30-13-10-27-20-30)18-24(25)17-21-6-5-7-22(16-21)19-29/h5-10,13,16,18,20H,2-4,11-12,14-15,17,19H2,1H3,(H,28,31). The molecule has 2 aromatic carbocycles. The van der Waals surface area contributed by atoms with Gasteiger partial charge < -0.3 is 19.5 Å². The molecule has 0 saturated carbocycles. The number of ether oxygens (including phenoxy) is 1. The molecule has 2 heterocycles. The maximum atomic E-state index is 12.8. The van der Waals surface area contributed by atoms with E-state index < -0.39 is 0 Å². The Morgan fingerprint density at radius 1 is 1.12 bits per heavy atom. The zero-order valence-electron chi connectivity index (χ0n) is 18.8. The molecule has 32 heavy (non-hydrogen) atoms. The van der Waals surface area contributed by atoms with Gasteiger partial charge >= 0.3 is 0 Å². The average Bonchev–Trinajstić information content (AvgIpc) is 3.30. The van der Waals surface area contributed by atoms with Crippen LogP contribution in [-0.4, -0.2) is 47.1 Å². The van der Waals surface area contributed by atoms with Crippen molar-refractivity contribution in [1.29, 1.82) is 0 Å². The molecule has 6 heteroatoms. The van der Waals surface area contributed by atoms with E-state index in [0.717, 1.165) is 43.7 Å². The van der Waals surface area contributed by atoms with Crippen LogP contribution in [0.3, 0.4) is 0 Å². The molecule has 1 amide bonds. The van der Waals surface area contributed by atoms with Crippen LogP contribution < -0.4 is 10.1 Å². The molecule has 6 nitrogen and oxygen atoms in total. The molecular formula is C26H32N4O2. The fraction of sp³-hybridized carbons (Fsp3) is 0.385. The Morgan fingerprint density at radius 2 is 2.03 bits per heavy atom. The van der Waals surface area contributed by atoms with Crippen molar-refractivity contribution in [3.8, 4) is 5.75 Å². The number of rotatable bonds is 4. The third kappa shape index (κ3) is 6.20. The second-order valence-electron chi connectivity index (χ2n) is 8.52. The van der Waals surface area contributed by atoms with E-state index in [1.165, 1.54) is 17.5 Å². The average molecular weight is 433 g/mol. The minimum Gasteiger partial charge on any atom is -0.493 e. The second kappa shape index (κ2) is 11.0. The summed E-state index contributed by atoms with van der Waals surface area (Å²) in [4.78, 5) is 19.2. The second-order valence-corrected chi connectivity index (χ2v) is 8.52. The molecule has 3 aromatic rings. The normalized spacial score (nSPS) is 15.3. The van der Waals surface area contributed by atoms with E-state index in [2.05, 4.69) is 46.5 Å². The molecule has 1 aromatic heterocycles. The van der Waals surface area contributed by atoms with Crippen molar-refractivity contribution in [2.24, 2.45) is 0 Å². The first-order valence-electron chi connectivity index (χ1n) is 11.4. The zero-order chi connectivity index (χ0) is 22.2. The van der Waals surface area contributed by atoms with Crippen LogP contribution in [0.4, 0.5) is 0 Å². The molecule has 1 aliphatic heterocycles. The smallest absolute Gasteiger partial charge is 0.251 e. The first kappa shape index (κ1) is 22.1. The molecule has 0 radical (unpaired) electrons. The molecule has 0 aliphatic carbocycles. The Kier molecular flexibility index (Phi) is 7.56. The highest BCUT2D eigenvalue weighted by Crippen LogP contribution is 2.25. The van der Waals surface area contributed by atoms with Gasteiger partial charge in [-0.3, -0.25) is 4.79 Å². The van der Waals surface area contributed by atoms with E-state index >= 15 is 0 Å². The van der Waals surface area contributed by atoms with E-state index in [-0.39, 0.29) is 5.91 Å². The Labute approximate surface area is 190 Å². The molecule has 0 atom stereocenters. The molecule has 1 N–H and O–H groups in total. The highest BCUT2D eigenvalue weighted by molar-refractivity contribution is 5.94. The van der Waals surface area contributed by atoms with Gasteiger partial charge in [0.15, 0.2) is 0 Å². The Hall–Kier alpha value is -3.12. The van der Waals surface area contributed by atoms with Gasteiger partial charge in [0.05, 0.1) is 12.9 Å². The molecule has 0 spiro atoms. The predicted octanol–water partition coefficient (Wildman–Crippen LogP) is 3.90. The quantitative estimate of drug-likeness (QED) is 0.679. The Balaban J connectivity index is 1.51. The fourth-order valence-electron chi connectivity index (χ4n) is 4.11. The van der Waals surface area contributed by atoms with Gasteiger partial charge in [0.1, 0.15) is 5.75 Å². The third-order valence-electron chi connectivity index (χ3n) is 5.82. The molecule has 2 bridgehead atoms. The monoisotopic (exact) mass is 432 g/mol. The van der Waals surface area contributed by atoms with Crippen molar-refractivity contribution < 1.29 is 9.53 Å². The fourth-order valence-corrected chi connectivity index (χ4v) is 4.11. The summed E-state index contributed by atoms with van der Waals surface area (Å²) < 4.78 is 8.09. The summed E-state index contributed by atoms with van der Waals surface area (Å²) >= 11 is 0. The van der Waals surface area contributed by atoms with Gasteiger partial charge in [0.2, 0.25) is 0 Å². The predicted molar refractivity (Wildman–Crippen MR) is 126 cm³/mol. The molecular weight excluding hydrogens is 400 g/mol. The van der Waals surface area contributed by atoms with Gasteiger partial charge in [-0.05, 0) is 67.7 Å². The van der Waals surface area contributed by atoms with E-state index in [0.29, 0.717) is 25.3 Å². The maximum absolute atomic E-state index is 12.8. The van der Waals surface area contributed by atoms with Crippen molar-refractivity contribution >= 4 is 5.91 Å². The maximum Gasteiger partial charge on any atom is 0.251 e. The molecule has 0 fully saturated rings. The number of amides is 1. The lowest BCUT2D eigenvalue weighted by Gasteiger charge is -2.19. The minimum atomic E-state index is -0.0669. The number of benzene rings is 2. The van der Waals surface area contributed by atoms with Crippen LogP contribution in [0, 0.1) is 0 Å². The summed E-state index contributed by atoms with van der Waals surface area (Å²) in [6, 6.07) is 14.5. The number of hydrogen-bond acceptors (Lipinski definition) is 4. The first-order chi connectivity index (χ1) is 15.7. The number of carbonyl (C=O) groups excluding carboxylic acids is 1. The number of nitrogens with one attached hydrogen (secondary N) is 1. The summed E-state index contributed by atoms with van der Waals surface area (Å²) in [6.07, 6.45) is 9.48. The van der Waals surface area contributed by atoms with Crippen molar-refractivity contribution in [1.82, 2.24) is 19.8 Å². The van der Waals surface area contributed by atoms with Crippen molar-refractivity contribution in [3.63, 3.8) is 0 Å². The molecule has 4 rings (SSSR count). The summed E-state index contributed by atoms with van der Waals surface area (Å²) in [6.45, 7) is 4.00. The van der Waals surface area contributed by atoms with Gasteiger partial charge in [-0.2, -0.15) is 0 Å². The Bertz CT molecular complexity index is 1020. The van der Waals surface area contributed by atoms with Crippen LogP contribution in [0.15, 0.2) is 61.2 Å². The summed E-state index contributed by atoms with van der Waals surface area (Å²) in [7, 11) is 2.18. The topological polar surface area (TPSA) is 59.4 Å². The van der Waals surface area contributed by atoms with Crippen LogP contribution in [0.5, 0.6) is 5.75 Å².